The molecule has 0 spiro atoms. The second kappa shape index (κ2) is 6.37. The molecule has 120 valence electrons. The Morgan fingerprint density at radius 2 is 1.86 bits per heavy atom. The predicted molar refractivity (Wildman–Crippen MR) is 73.6 cm³/mol. The SMILES string of the molecule is NC(=O)C1CCCN(C(=O)Cc2ccc(C(F)(F)F)cc2)C1. The van der Waals surface area contributed by atoms with Gasteiger partial charge in [-0.1, -0.05) is 12.1 Å². The van der Waals surface area contributed by atoms with Gasteiger partial charge in [0.1, 0.15) is 0 Å². The third-order valence-corrected chi connectivity index (χ3v) is 3.81. The van der Waals surface area contributed by atoms with E-state index >= 15 is 0 Å². The second-order valence-corrected chi connectivity index (χ2v) is 5.45. The largest absolute Gasteiger partial charge is 0.416 e. The smallest absolute Gasteiger partial charge is 0.369 e. The molecule has 7 heteroatoms. The highest BCUT2D eigenvalue weighted by Crippen LogP contribution is 2.29. The maximum atomic E-state index is 12.5. The summed E-state index contributed by atoms with van der Waals surface area (Å²) in [5.74, 6) is -0.969. The summed E-state index contributed by atoms with van der Waals surface area (Å²) >= 11 is 0. The van der Waals surface area contributed by atoms with Gasteiger partial charge in [-0.25, -0.2) is 0 Å². The van der Waals surface area contributed by atoms with E-state index in [-0.39, 0.29) is 24.8 Å². The van der Waals surface area contributed by atoms with Crippen LogP contribution in [0.2, 0.25) is 0 Å². The van der Waals surface area contributed by atoms with Gasteiger partial charge in [0.05, 0.1) is 17.9 Å². The number of piperidine rings is 1. The molecule has 1 aliphatic heterocycles. The van der Waals surface area contributed by atoms with E-state index in [0.717, 1.165) is 12.1 Å². The summed E-state index contributed by atoms with van der Waals surface area (Å²) in [6.45, 7) is 0.831. The summed E-state index contributed by atoms with van der Waals surface area (Å²) < 4.78 is 37.4. The number of carbonyl (C=O) groups excluding carboxylic acids is 2. The van der Waals surface area contributed by atoms with Gasteiger partial charge in [0, 0.05) is 13.1 Å². The van der Waals surface area contributed by atoms with Crippen LogP contribution in [-0.2, 0) is 22.2 Å². The number of hydrogen-bond acceptors (Lipinski definition) is 2. The topological polar surface area (TPSA) is 63.4 Å². The van der Waals surface area contributed by atoms with E-state index in [0.29, 0.717) is 24.9 Å². The molecular formula is C15H17F3N2O2. The lowest BCUT2D eigenvalue weighted by Crippen LogP contribution is -2.44. The zero-order chi connectivity index (χ0) is 16.3. The molecule has 1 fully saturated rings. The molecule has 1 aromatic rings. The van der Waals surface area contributed by atoms with Crippen LogP contribution in [0.25, 0.3) is 0 Å². The summed E-state index contributed by atoms with van der Waals surface area (Å²) in [7, 11) is 0. The zero-order valence-corrected chi connectivity index (χ0v) is 11.9. The second-order valence-electron chi connectivity index (χ2n) is 5.45. The highest BCUT2D eigenvalue weighted by Gasteiger charge is 2.30. The van der Waals surface area contributed by atoms with Crippen LogP contribution in [-0.4, -0.2) is 29.8 Å². The van der Waals surface area contributed by atoms with Gasteiger partial charge < -0.3 is 10.6 Å². The molecule has 0 aliphatic carbocycles. The first kappa shape index (κ1) is 16.3. The van der Waals surface area contributed by atoms with Crippen molar-refractivity contribution >= 4 is 11.8 Å². The molecule has 2 amide bonds. The van der Waals surface area contributed by atoms with Gasteiger partial charge in [-0.3, -0.25) is 9.59 Å². The number of nitrogens with two attached hydrogens (primary N) is 1. The van der Waals surface area contributed by atoms with E-state index in [1.165, 1.54) is 12.1 Å². The Labute approximate surface area is 126 Å². The minimum absolute atomic E-state index is 0.0175. The van der Waals surface area contributed by atoms with E-state index in [4.69, 9.17) is 5.73 Å². The number of amides is 2. The van der Waals surface area contributed by atoms with Crippen molar-refractivity contribution < 1.29 is 22.8 Å². The standard InChI is InChI=1S/C15H17F3N2O2/c16-15(17,18)12-5-3-10(4-6-12)8-13(21)20-7-1-2-11(9-20)14(19)22/h3-6,11H,1-2,7-9H2,(H2,19,22). The van der Waals surface area contributed by atoms with Crippen molar-refractivity contribution in [2.45, 2.75) is 25.4 Å². The Bertz CT molecular complexity index is 555. The lowest BCUT2D eigenvalue weighted by atomic mass is 9.97. The number of primary amides is 1. The Morgan fingerprint density at radius 1 is 1.23 bits per heavy atom. The average molecular weight is 314 g/mol. The fourth-order valence-electron chi connectivity index (χ4n) is 2.53. The van der Waals surface area contributed by atoms with Gasteiger partial charge in [0.15, 0.2) is 0 Å². The summed E-state index contributed by atoms with van der Waals surface area (Å²) in [4.78, 5) is 24.9. The lowest BCUT2D eigenvalue weighted by molar-refractivity contribution is -0.137. The summed E-state index contributed by atoms with van der Waals surface area (Å²) in [6.07, 6.45) is -3.00. The fraction of sp³-hybridized carbons (Fsp3) is 0.467. The van der Waals surface area contributed by atoms with Gasteiger partial charge >= 0.3 is 6.18 Å². The molecule has 0 bridgehead atoms. The monoisotopic (exact) mass is 314 g/mol. The molecule has 2 N–H and O–H groups in total. The minimum Gasteiger partial charge on any atom is -0.369 e. The molecule has 1 aromatic carbocycles. The van der Waals surface area contributed by atoms with Crippen molar-refractivity contribution in [1.29, 1.82) is 0 Å². The van der Waals surface area contributed by atoms with Crippen molar-refractivity contribution in [3.05, 3.63) is 35.4 Å². The van der Waals surface area contributed by atoms with E-state index in [2.05, 4.69) is 0 Å². The van der Waals surface area contributed by atoms with Gasteiger partial charge in [0.25, 0.3) is 0 Å². The van der Waals surface area contributed by atoms with Gasteiger partial charge in [-0.2, -0.15) is 13.2 Å². The molecule has 0 radical (unpaired) electrons. The zero-order valence-electron chi connectivity index (χ0n) is 11.9. The minimum atomic E-state index is -4.38. The average Bonchev–Trinajstić information content (AvgIpc) is 2.47. The highest BCUT2D eigenvalue weighted by atomic mass is 19.4. The van der Waals surface area contributed by atoms with Crippen LogP contribution < -0.4 is 5.73 Å². The molecule has 1 aliphatic rings. The van der Waals surface area contributed by atoms with Crippen molar-refractivity contribution in [1.82, 2.24) is 4.90 Å². The molecule has 22 heavy (non-hydrogen) atoms. The van der Waals surface area contributed by atoms with Gasteiger partial charge in [-0.15, -0.1) is 0 Å². The normalized spacial score (nSPS) is 19.0. The number of likely N-dealkylation sites (tertiary alicyclic amines) is 1. The van der Waals surface area contributed by atoms with Crippen LogP contribution in [0.1, 0.15) is 24.0 Å². The maximum Gasteiger partial charge on any atom is 0.416 e. The summed E-state index contributed by atoms with van der Waals surface area (Å²) in [5.41, 5.74) is 5.03. The van der Waals surface area contributed by atoms with Gasteiger partial charge in [-0.05, 0) is 30.5 Å². The number of nitrogens with zero attached hydrogens (tertiary/aromatic N) is 1. The molecule has 0 aromatic heterocycles. The maximum absolute atomic E-state index is 12.5. The molecule has 1 heterocycles. The molecule has 1 atom stereocenters. The number of rotatable bonds is 3. The van der Waals surface area contributed by atoms with E-state index < -0.39 is 17.6 Å². The number of halogens is 3. The fourth-order valence-corrected chi connectivity index (χ4v) is 2.53. The first-order chi connectivity index (χ1) is 10.3. The number of carbonyl (C=O) groups is 2. The Hall–Kier alpha value is -2.05. The molecule has 2 rings (SSSR count). The van der Waals surface area contributed by atoms with Crippen molar-refractivity contribution in [2.75, 3.05) is 13.1 Å². The Balaban J connectivity index is 1.98. The first-order valence-electron chi connectivity index (χ1n) is 7.00. The van der Waals surface area contributed by atoms with Crippen LogP contribution in [0, 0.1) is 5.92 Å². The molecule has 0 saturated carbocycles. The van der Waals surface area contributed by atoms with Crippen LogP contribution >= 0.6 is 0 Å². The molecule has 4 nitrogen and oxygen atoms in total. The Kier molecular flexibility index (Phi) is 4.73. The number of benzene rings is 1. The number of hydrogen-bond donors (Lipinski definition) is 1. The van der Waals surface area contributed by atoms with E-state index in [1.807, 2.05) is 0 Å². The quantitative estimate of drug-likeness (QED) is 0.927. The predicted octanol–water partition coefficient (Wildman–Crippen LogP) is 1.97. The van der Waals surface area contributed by atoms with Crippen molar-refractivity contribution in [2.24, 2.45) is 11.7 Å². The lowest BCUT2D eigenvalue weighted by Gasteiger charge is -2.31. The Morgan fingerprint density at radius 3 is 2.41 bits per heavy atom. The van der Waals surface area contributed by atoms with Crippen molar-refractivity contribution in [3.63, 3.8) is 0 Å². The van der Waals surface area contributed by atoms with E-state index in [1.54, 1.807) is 4.90 Å². The first-order valence-corrected chi connectivity index (χ1v) is 7.00. The third-order valence-electron chi connectivity index (χ3n) is 3.81. The number of alkyl halides is 3. The molecular weight excluding hydrogens is 297 g/mol. The van der Waals surface area contributed by atoms with Crippen LogP contribution in [0.4, 0.5) is 13.2 Å². The highest BCUT2D eigenvalue weighted by molar-refractivity contribution is 5.81. The van der Waals surface area contributed by atoms with E-state index in [9.17, 15) is 22.8 Å². The van der Waals surface area contributed by atoms with Crippen molar-refractivity contribution in [3.8, 4) is 0 Å². The summed E-state index contributed by atoms with van der Waals surface area (Å²) in [5, 5.41) is 0. The van der Waals surface area contributed by atoms with Crippen LogP contribution in [0.3, 0.4) is 0 Å². The van der Waals surface area contributed by atoms with Crippen LogP contribution in [0.5, 0.6) is 0 Å². The van der Waals surface area contributed by atoms with Crippen LogP contribution in [0.15, 0.2) is 24.3 Å². The van der Waals surface area contributed by atoms with Gasteiger partial charge in [0.2, 0.25) is 11.8 Å². The molecule has 1 saturated heterocycles. The third kappa shape index (κ3) is 3.99. The summed E-state index contributed by atoms with van der Waals surface area (Å²) in [6, 6.07) is 4.53. The molecule has 1 unspecified atom stereocenters.